The van der Waals surface area contributed by atoms with Gasteiger partial charge in [0.15, 0.2) is 0 Å². The van der Waals surface area contributed by atoms with Crippen LogP contribution in [-0.4, -0.2) is 106 Å². The highest BCUT2D eigenvalue weighted by molar-refractivity contribution is 5.97. The van der Waals surface area contributed by atoms with Crippen molar-refractivity contribution in [2.45, 2.75) is 91.1 Å². The highest BCUT2D eigenvalue weighted by Gasteiger charge is 2.38. The van der Waals surface area contributed by atoms with Crippen molar-refractivity contribution in [3.8, 4) is 11.1 Å². The Morgan fingerprint density at radius 2 is 1.46 bits per heavy atom. The van der Waals surface area contributed by atoms with Crippen molar-refractivity contribution < 1.29 is 47.4 Å². The van der Waals surface area contributed by atoms with Gasteiger partial charge in [-0.25, -0.2) is 8.78 Å². The zero-order valence-corrected chi connectivity index (χ0v) is 35.2. The van der Waals surface area contributed by atoms with Gasteiger partial charge in [-0.15, -0.1) is 0 Å². The van der Waals surface area contributed by atoms with E-state index in [1.807, 2.05) is 51.1 Å². The summed E-state index contributed by atoms with van der Waals surface area (Å²) in [5.41, 5.74) is 11.9. The molecule has 0 aliphatic rings. The van der Waals surface area contributed by atoms with E-state index in [2.05, 4.69) is 26.6 Å². The first-order chi connectivity index (χ1) is 28.7. The normalized spacial score (nSPS) is 13.7. The standard InChI is InChI=1S/C42H57F2N9O8/c1-24(48-26(3)55)38(58)49-25(2)39(59)51-33(20-35(46)56)41(61)50-32(40(60)47-16-15-45)14-17-53(36(57)23-54)37(42(4,5)6)34-18-28(30-19-29(43)12-13-31(30)44)22-52(34)21-27-10-8-7-9-11-27/h7-13,18-19,22,24-25,32-33,37,54H,14-17,20-21,23,45H2,1-6H3,(H2,46,56)(H,47,60)(H,48,55)(H,49,58)(H,50,61)(H,51,59)/t24?,25?,32-,33-,37-/m0/s1. The highest BCUT2D eigenvalue weighted by atomic mass is 19.1. The maximum Gasteiger partial charge on any atom is 0.248 e. The molecule has 0 saturated carbocycles. The second-order valence-electron chi connectivity index (χ2n) is 15.7. The Hall–Kier alpha value is -6.21. The summed E-state index contributed by atoms with van der Waals surface area (Å²) in [6.07, 6.45) is 0.675. The Kier molecular flexibility index (Phi) is 18.1. The summed E-state index contributed by atoms with van der Waals surface area (Å²) < 4.78 is 31.4. The summed E-state index contributed by atoms with van der Waals surface area (Å²) >= 11 is 0. The fraction of sp³-hybridized carbons (Fsp3) is 0.452. The summed E-state index contributed by atoms with van der Waals surface area (Å²) in [5.74, 6) is -6.87. The van der Waals surface area contributed by atoms with E-state index in [9.17, 15) is 43.1 Å². The van der Waals surface area contributed by atoms with Gasteiger partial charge in [0.2, 0.25) is 41.4 Å². The van der Waals surface area contributed by atoms with E-state index in [0.717, 1.165) is 23.8 Å². The number of carbonyl (C=O) groups is 7. The number of hydrogen-bond donors (Lipinski definition) is 8. The van der Waals surface area contributed by atoms with Gasteiger partial charge in [-0.3, -0.25) is 33.6 Å². The number of nitrogens with two attached hydrogens (primary N) is 2. The van der Waals surface area contributed by atoms with Crippen LogP contribution in [0.1, 0.15) is 71.7 Å². The van der Waals surface area contributed by atoms with Crippen molar-refractivity contribution >= 4 is 41.4 Å². The van der Waals surface area contributed by atoms with E-state index in [1.54, 1.807) is 16.8 Å². The minimum Gasteiger partial charge on any atom is -0.387 e. The molecule has 1 heterocycles. The minimum absolute atomic E-state index is 0.00288. The van der Waals surface area contributed by atoms with Gasteiger partial charge in [0, 0.05) is 56.1 Å². The summed E-state index contributed by atoms with van der Waals surface area (Å²) in [7, 11) is 0. The largest absolute Gasteiger partial charge is 0.387 e. The Labute approximate surface area is 353 Å². The van der Waals surface area contributed by atoms with Crippen LogP contribution < -0.4 is 38.1 Å². The lowest BCUT2D eigenvalue weighted by atomic mass is 9.82. The molecule has 0 saturated heterocycles. The SMILES string of the molecule is CC(=O)NC(C)C(=O)NC(C)C(=O)N[C@@H](CC(N)=O)C(=O)N[C@@H](CCN(C(=O)CO)[C@@H](c1cc(-c2cc(F)ccc2F)cn1Cc1ccccc1)C(C)(C)C)C(=O)NCCN. The molecule has 3 rings (SSSR count). The van der Waals surface area contributed by atoms with Gasteiger partial charge in [-0.2, -0.15) is 0 Å². The second kappa shape index (κ2) is 22.4. The number of nitrogens with one attached hydrogen (secondary N) is 5. The van der Waals surface area contributed by atoms with Crippen molar-refractivity contribution in [1.29, 1.82) is 0 Å². The molecule has 7 amide bonds. The van der Waals surface area contributed by atoms with Crippen LogP contribution in [0.15, 0.2) is 60.8 Å². The van der Waals surface area contributed by atoms with E-state index in [4.69, 9.17) is 11.5 Å². The first kappa shape index (κ1) is 49.2. The predicted octanol–water partition coefficient (Wildman–Crippen LogP) is 0.729. The molecular weight excluding hydrogens is 797 g/mol. The summed E-state index contributed by atoms with van der Waals surface area (Å²) in [6, 6.07) is 7.85. The maximum absolute atomic E-state index is 15.2. The number of carbonyl (C=O) groups excluding carboxylic acids is 7. The van der Waals surface area contributed by atoms with Crippen LogP contribution in [0.5, 0.6) is 0 Å². The van der Waals surface area contributed by atoms with E-state index < -0.39 is 102 Å². The Bertz CT molecular complexity index is 2040. The van der Waals surface area contributed by atoms with Crippen LogP contribution in [0, 0.1) is 17.0 Å². The molecule has 0 spiro atoms. The Morgan fingerprint density at radius 1 is 0.836 bits per heavy atom. The maximum atomic E-state index is 15.2. The molecule has 61 heavy (non-hydrogen) atoms. The predicted molar refractivity (Wildman–Crippen MR) is 222 cm³/mol. The molecule has 1 aromatic heterocycles. The van der Waals surface area contributed by atoms with Crippen molar-refractivity contribution in [2.75, 3.05) is 26.2 Å². The first-order valence-corrected chi connectivity index (χ1v) is 19.7. The third-order valence-electron chi connectivity index (χ3n) is 9.57. The molecule has 0 aliphatic heterocycles. The van der Waals surface area contributed by atoms with Crippen molar-refractivity contribution in [1.82, 2.24) is 36.1 Å². The van der Waals surface area contributed by atoms with Crippen LogP contribution in [0.3, 0.4) is 0 Å². The number of hydrogen-bond acceptors (Lipinski definition) is 9. The van der Waals surface area contributed by atoms with Gasteiger partial charge in [-0.05, 0) is 55.5 Å². The number of aromatic nitrogens is 1. The molecule has 17 nitrogen and oxygen atoms in total. The van der Waals surface area contributed by atoms with Crippen molar-refractivity contribution in [3.63, 3.8) is 0 Å². The zero-order valence-electron chi connectivity index (χ0n) is 35.2. The van der Waals surface area contributed by atoms with Crippen LogP contribution in [0.4, 0.5) is 8.78 Å². The quantitative estimate of drug-likeness (QED) is 0.0751. The number of benzene rings is 2. The number of amides is 7. The smallest absolute Gasteiger partial charge is 0.248 e. The van der Waals surface area contributed by atoms with Gasteiger partial charge in [0.25, 0.3) is 0 Å². The lowest BCUT2D eigenvalue weighted by molar-refractivity contribution is -0.140. The molecule has 2 unspecified atom stereocenters. The van der Waals surface area contributed by atoms with E-state index in [0.29, 0.717) is 11.3 Å². The first-order valence-electron chi connectivity index (χ1n) is 19.7. The average molecular weight is 854 g/mol. The second-order valence-corrected chi connectivity index (χ2v) is 15.7. The van der Waals surface area contributed by atoms with Crippen LogP contribution in [-0.2, 0) is 40.1 Å². The number of primary amides is 1. The zero-order chi connectivity index (χ0) is 45.6. The fourth-order valence-electron chi connectivity index (χ4n) is 6.71. The topological polar surface area (TPSA) is 260 Å². The Balaban J connectivity index is 2.02. The minimum atomic E-state index is -1.62. The molecule has 5 atom stereocenters. The molecular formula is C42H57F2N9O8. The van der Waals surface area contributed by atoms with E-state index in [-0.39, 0.29) is 38.2 Å². The molecule has 332 valence electrons. The summed E-state index contributed by atoms with van der Waals surface area (Å²) in [5, 5.41) is 22.6. The lowest BCUT2D eigenvalue weighted by Crippen LogP contribution is -2.58. The molecule has 3 aromatic rings. The molecule has 2 aromatic carbocycles. The third kappa shape index (κ3) is 14.5. The number of nitrogens with zero attached hydrogens (tertiary/aromatic N) is 2. The van der Waals surface area contributed by atoms with Crippen LogP contribution in [0.25, 0.3) is 11.1 Å². The van der Waals surface area contributed by atoms with Gasteiger partial charge in [-0.1, -0.05) is 51.1 Å². The molecule has 0 bridgehead atoms. The van der Waals surface area contributed by atoms with Crippen LogP contribution in [0.2, 0.25) is 0 Å². The monoisotopic (exact) mass is 853 g/mol. The molecule has 0 radical (unpaired) electrons. The molecule has 19 heteroatoms. The summed E-state index contributed by atoms with van der Waals surface area (Å²) in [6.45, 7) is 8.51. The van der Waals surface area contributed by atoms with Crippen molar-refractivity contribution in [3.05, 3.63) is 83.7 Å². The highest BCUT2D eigenvalue weighted by Crippen LogP contribution is 2.41. The van der Waals surface area contributed by atoms with Gasteiger partial charge >= 0.3 is 0 Å². The van der Waals surface area contributed by atoms with Crippen molar-refractivity contribution in [2.24, 2.45) is 16.9 Å². The number of aliphatic hydroxyl groups is 1. The molecule has 10 N–H and O–H groups in total. The average Bonchev–Trinajstić information content (AvgIpc) is 3.59. The fourth-order valence-corrected chi connectivity index (χ4v) is 6.71. The van der Waals surface area contributed by atoms with E-state index >= 15 is 4.39 Å². The molecule has 0 aliphatic carbocycles. The van der Waals surface area contributed by atoms with Crippen LogP contribution >= 0.6 is 0 Å². The van der Waals surface area contributed by atoms with Gasteiger partial charge in [0.1, 0.15) is 42.4 Å². The van der Waals surface area contributed by atoms with E-state index in [1.165, 1.54) is 25.7 Å². The van der Waals surface area contributed by atoms with Gasteiger partial charge < -0.3 is 52.6 Å². The lowest BCUT2D eigenvalue weighted by Gasteiger charge is -2.41. The van der Waals surface area contributed by atoms with Gasteiger partial charge in [0.05, 0.1) is 12.5 Å². The number of rotatable bonds is 21. The number of halogens is 2. The Morgan fingerprint density at radius 3 is 2.05 bits per heavy atom. The number of aliphatic hydroxyl groups excluding tert-OH is 1. The third-order valence-corrected chi connectivity index (χ3v) is 9.57. The molecule has 0 fully saturated rings. The summed E-state index contributed by atoms with van der Waals surface area (Å²) in [4.78, 5) is 91.6.